The minimum Gasteiger partial charge on any atom is -0.300 e. The smallest absolute Gasteiger partial charge is 0.0194 e. The lowest BCUT2D eigenvalue weighted by Crippen LogP contribution is -2.47. The van der Waals surface area contributed by atoms with Crippen LogP contribution in [0.4, 0.5) is 0 Å². The molecule has 0 aliphatic carbocycles. The van der Waals surface area contributed by atoms with Crippen molar-refractivity contribution >= 4 is 6.08 Å². The van der Waals surface area contributed by atoms with Crippen molar-refractivity contribution in [2.75, 3.05) is 39.3 Å². The van der Waals surface area contributed by atoms with Crippen LogP contribution in [0.3, 0.4) is 0 Å². The highest BCUT2D eigenvalue weighted by molar-refractivity contribution is 5.52. The van der Waals surface area contributed by atoms with Crippen LogP contribution in [-0.4, -0.2) is 49.1 Å². The number of rotatable bonds is 6. The van der Waals surface area contributed by atoms with Crippen molar-refractivity contribution < 1.29 is 0 Å². The first-order chi connectivity index (χ1) is 11.8. The second-order valence-corrected chi connectivity index (χ2v) is 6.75. The molecule has 1 heterocycles. The van der Waals surface area contributed by atoms with Crippen molar-refractivity contribution in [1.29, 1.82) is 0 Å². The molecule has 1 aliphatic rings. The highest BCUT2D eigenvalue weighted by atomic mass is 15.3. The molecule has 2 aromatic rings. The van der Waals surface area contributed by atoms with Gasteiger partial charge in [-0.15, -0.1) is 0 Å². The first-order valence-electron chi connectivity index (χ1n) is 9.00. The molecule has 1 aliphatic heterocycles. The lowest BCUT2D eigenvalue weighted by atomic mass is 10.1. The molecule has 0 bridgehead atoms. The highest BCUT2D eigenvalue weighted by Gasteiger charge is 2.16. The second-order valence-electron chi connectivity index (χ2n) is 6.75. The summed E-state index contributed by atoms with van der Waals surface area (Å²) in [4.78, 5) is 5.17. The highest BCUT2D eigenvalue weighted by Crippen LogP contribution is 2.10. The standard InChI is InChI=1S/C22H28N2/c1-20(18-22-10-6-3-7-11-22)19-24-16-14-23(15-17-24)13-12-21-8-4-2-5-9-21/h2-11,18H,12-17,19H2,1H3. The first kappa shape index (κ1) is 16.9. The molecule has 0 saturated carbocycles. The third-order valence-corrected chi connectivity index (χ3v) is 4.71. The molecule has 1 fully saturated rings. The molecule has 3 rings (SSSR count). The third-order valence-electron chi connectivity index (χ3n) is 4.71. The van der Waals surface area contributed by atoms with E-state index in [2.05, 4.69) is 83.5 Å². The Morgan fingerprint density at radius 2 is 1.42 bits per heavy atom. The summed E-state index contributed by atoms with van der Waals surface area (Å²) in [5.41, 5.74) is 4.19. The minimum atomic E-state index is 1.08. The van der Waals surface area contributed by atoms with Crippen LogP contribution in [0.5, 0.6) is 0 Å². The SMILES string of the molecule is CC(=Cc1ccccc1)CN1CCN(CCc2ccccc2)CC1. The molecule has 0 aromatic heterocycles. The summed E-state index contributed by atoms with van der Waals surface area (Å²) in [5.74, 6) is 0. The third kappa shape index (κ3) is 5.33. The first-order valence-corrected chi connectivity index (χ1v) is 9.00. The summed E-state index contributed by atoms with van der Waals surface area (Å²) in [5, 5.41) is 0. The molecule has 0 spiro atoms. The zero-order chi connectivity index (χ0) is 16.6. The summed E-state index contributed by atoms with van der Waals surface area (Å²) in [6.07, 6.45) is 3.47. The molecule has 0 N–H and O–H groups in total. The summed E-state index contributed by atoms with van der Waals surface area (Å²) in [7, 11) is 0. The van der Waals surface area contributed by atoms with Gasteiger partial charge in [0.1, 0.15) is 0 Å². The topological polar surface area (TPSA) is 6.48 Å². The number of piperazine rings is 1. The van der Waals surface area contributed by atoms with E-state index < -0.39 is 0 Å². The Morgan fingerprint density at radius 1 is 0.833 bits per heavy atom. The fourth-order valence-corrected chi connectivity index (χ4v) is 3.34. The zero-order valence-corrected chi connectivity index (χ0v) is 14.7. The predicted octanol–water partition coefficient (Wildman–Crippen LogP) is 3.95. The van der Waals surface area contributed by atoms with E-state index in [0.717, 1.165) is 13.0 Å². The maximum Gasteiger partial charge on any atom is 0.0194 e. The van der Waals surface area contributed by atoms with Crippen LogP contribution in [0.1, 0.15) is 18.1 Å². The van der Waals surface area contributed by atoms with Crippen LogP contribution >= 0.6 is 0 Å². The average molecular weight is 320 g/mol. The van der Waals surface area contributed by atoms with E-state index >= 15 is 0 Å². The van der Waals surface area contributed by atoms with Crippen LogP contribution in [0.25, 0.3) is 6.08 Å². The molecule has 0 atom stereocenters. The lowest BCUT2D eigenvalue weighted by molar-refractivity contribution is 0.142. The fraction of sp³-hybridized carbons (Fsp3) is 0.364. The van der Waals surface area contributed by atoms with Gasteiger partial charge in [-0.3, -0.25) is 4.90 Å². The quantitative estimate of drug-likeness (QED) is 0.795. The molecule has 0 amide bonds. The average Bonchev–Trinajstić information content (AvgIpc) is 2.63. The van der Waals surface area contributed by atoms with Gasteiger partial charge in [0.2, 0.25) is 0 Å². The van der Waals surface area contributed by atoms with Crippen molar-refractivity contribution in [3.63, 3.8) is 0 Å². The van der Waals surface area contributed by atoms with E-state index in [0.29, 0.717) is 0 Å². The second kappa shape index (κ2) is 8.81. The molecule has 0 unspecified atom stereocenters. The molecule has 0 radical (unpaired) electrons. The van der Waals surface area contributed by atoms with E-state index in [1.807, 2.05) is 0 Å². The van der Waals surface area contributed by atoms with Gasteiger partial charge in [-0.2, -0.15) is 0 Å². The van der Waals surface area contributed by atoms with E-state index in [9.17, 15) is 0 Å². The summed E-state index contributed by atoms with van der Waals surface area (Å²) in [6.45, 7) is 9.23. The number of benzene rings is 2. The van der Waals surface area contributed by atoms with Crippen LogP contribution < -0.4 is 0 Å². The van der Waals surface area contributed by atoms with E-state index in [1.54, 1.807) is 0 Å². The van der Waals surface area contributed by atoms with Gasteiger partial charge in [0.05, 0.1) is 0 Å². The van der Waals surface area contributed by atoms with Crippen molar-refractivity contribution in [2.45, 2.75) is 13.3 Å². The van der Waals surface area contributed by atoms with Crippen LogP contribution in [0.15, 0.2) is 66.2 Å². The van der Waals surface area contributed by atoms with Gasteiger partial charge < -0.3 is 4.90 Å². The van der Waals surface area contributed by atoms with Gasteiger partial charge >= 0.3 is 0 Å². The van der Waals surface area contributed by atoms with Crippen LogP contribution in [0.2, 0.25) is 0 Å². The van der Waals surface area contributed by atoms with Gasteiger partial charge in [0, 0.05) is 39.3 Å². The number of nitrogens with zero attached hydrogens (tertiary/aromatic N) is 2. The van der Waals surface area contributed by atoms with Crippen molar-refractivity contribution in [2.24, 2.45) is 0 Å². The Hall–Kier alpha value is -1.90. The van der Waals surface area contributed by atoms with Gasteiger partial charge in [0.15, 0.2) is 0 Å². The van der Waals surface area contributed by atoms with Crippen molar-refractivity contribution in [1.82, 2.24) is 9.80 Å². The van der Waals surface area contributed by atoms with Gasteiger partial charge in [-0.05, 0) is 24.5 Å². The van der Waals surface area contributed by atoms with Crippen molar-refractivity contribution in [3.05, 3.63) is 77.4 Å². The Balaban J connectivity index is 1.41. The van der Waals surface area contributed by atoms with Gasteiger partial charge in [0.25, 0.3) is 0 Å². The Kier molecular flexibility index (Phi) is 6.22. The lowest BCUT2D eigenvalue weighted by Gasteiger charge is -2.34. The number of hydrogen-bond donors (Lipinski definition) is 0. The largest absolute Gasteiger partial charge is 0.300 e. The normalized spacial score (nSPS) is 17.1. The zero-order valence-electron chi connectivity index (χ0n) is 14.7. The minimum absolute atomic E-state index is 1.08. The monoisotopic (exact) mass is 320 g/mol. The molecule has 1 saturated heterocycles. The fourth-order valence-electron chi connectivity index (χ4n) is 3.34. The summed E-state index contributed by atoms with van der Waals surface area (Å²) < 4.78 is 0. The Labute approximate surface area is 146 Å². The Bertz CT molecular complexity index is 626. The van der Waals surface area contributed by atoms with Crippen LogP contribution in [0, 0.1) is 0 Å². The van der Waals surface area contributed by atoms with Crippen LogP contribution in [-0.2, 0) is 6.42 Å². The molecular weight excluding hydrogens is 292 g/mol. The summed E-state index contributed by atoms with van der Waals surface area (Å²) in [6, 6.07) is 21.4. The van der Waals surface area contributed by atoms with E-state index in [-0.39, 0.29) is 0 Å². The number of hydrogen-bond acceptors (Lipinski definition) is 2. The van der Waals surface area contributed by atoms with Gasteiger partial charge in [-0.25, -0.2) is 0 Å². The maximum atomic E-state index is 2.60. The Morgan fingerprint density at radius 3 is 2.08 bits per heavy atom. The molecular formula is C22H28N2. The maximum absolute atomic E-state index is 2.60. The molecule has 2 aromatic carbocycles. The molecule has 2 heteroatoms. The van der Waals surface area contributed by atoms with E-state index in [4.69, 9.17) is 0 Å². The summed E-state index contributed by atoms with van der Waals surface area (Å²) >= 11 is 0. The predicted molar refractivity (Wildman–Crippen MR) is 103 cm³/mol. The molecule has 24 heavy (non-hydrogen) atoms. The molecule has 126 valence electrons. The molecule has 2 nitrogen and oxygen atoms in total. The van der Waals surface area contributed by atoms with Crippen molar-refractivity contribution in [3.8, 4) is 0 Å². The van der Waals surface area contributed by atoms with Gasteiger partial charge in [-0.1, -0.05) is 72.3 Å². The van der Waals surface area contributed by atoms with E-state index in [1.165, 1.54) is 49.4 Å².